The number of benzene rings is 1. The molecule has 1 aromatic heterocycles. The number of hydrazine groups is 1. The molecule has 0 radical (unpaired) electrons. The first-order chi connectivity index (χ1) is 9.85. The normalized spacial score (nSPS) is 14.7. The number of unbranched alkanes of at least 4 members (excludes halogenated alkanes) is 2. The Bertz CT molecular complexity index is 602. The second-order valence-electron chi connectivity index (χ2n) is 5.75. The summed E-state index contributed by atoms with van der Waals surface area (Å²) in [6.07, 6.45) is 7.48. The van der Waals surface area contributed by atoms with Gasteiger partial charge in [-0.25, -0.2) is 10.8 Å². The SMILES string of the molecule is CCCCCc1c(C2CC2)nc(NN)c2ccccc12. The van der Waals surface area contributed by atoms with Crippen LogP contribution in [0, 0.1) is 0 Å². The van der Waals surface area contributed by atoms with E-state index in [1.807, 2.05) is 0 Å². The van der Waals surface area contributed by atoms with E-state index in [1.165, 1.54) is 48.7 Å². The van der Waals surface area contributed by atoms with E-state index in [0.29, 0.717) is 5.92 Å². The van der Waals surface area contributed by atoms with E-state index in [0.717, 1.165) is 17.6 Å². The summed E-state index contributed by atoms with van der Waals surface area (Å²) < 4.78 is 0. The number of nitrogens with one attached hydrogen (secondary N) is 1. The lowest BCUT2D eigenvalue weighted by molar-refractivity contribution is 0.713. The maximum Gasteiger partial charge on any atom is 0.148 e. The number of rotatable bonds is 6. The third-order valence-electron chi connectivity index (χ3n) is 4.18. The van der Waals surface area contributed by atoms with Crippen molar-refractivity contribution >= 4 is 16.6 Å². The molecule has 1 heterocycles. The zero-order valence-corrected chi connectivity index (χ0v) is 12.2. The van der Waals surface area contributed by atoms with Gasteiger partial charge in [-0.1, -0.05) is 44.0 Å². The van der Waals surface area contributed by atoms with Crippen molar-refractivity contribution in [2.45, 2.75) is 51.4 Å². The molecule has 3 N–H and O–H groups in total. The van der Waals surface area contributed by atoms with E-state index in [2.05, 4.69) is 36.6 Å². The number of fused-ring (bicyclic) bond motifs is 1. The average Bonchev–Trinajstić information content (AvgIpc) is 3.32. The molecule has 0 amide bonds. The Morgan fingerprint density at radius 2 is 1.95 bits per heavy atom. The molecule has 106 valence electrons. The quantitative estimate of drug-likeness (QED) is 0.471. The molecule has 0 spiro atoms. The number of anilines is 1. The third-order valence-corrected chi connectivity index (χ3v) is 4.18. The van der Waals surface area contributed by atoms with Crippen LogP contribution in [0.2, 0.25) is 0 Å². The highest BCUT2D eigenvalue weighted by Gasteiger charge is 2.29. The number of hydrogen-bond acceptors (Lipinski definition) is 3. The van der Waals surface area contributed by atoms with Crippen LogP contribution in [0.1, 0.15) is 56.2 Å². The monoisotopic (exact) mass is 269 g/mol. The summed E-state index contributed by atoms with van der Waals surface area (Å²) in [5.41, 5.74) is 5.52. The van der Waals surface area contributed by atoms with Crippen molar-refractivity contribution in [1.29, 1.82) is 0 Å². The van der Waals surface area contributed by atoms with Gasteiger partial charge in [-0.15, -0.1) is 0 Å². The van der Waals surface area contributed by atoms with Gasteiger partial charge in [0, 0.05) is 17.0 Å². The molecule has 1 aliphatic rings. The number of hydrogen-bond donors (Lipinski definition) is 2. The summed E-state index contributed by atoms with van der Waals surface area (Å²) in [6.45, 7) is 2.25. The van der Waals surface area contributed by atoms with Crippen LogP contribution in [0.3, 0.4) is 0 Å². The molecular weight excluding hydrogens is 246 g/mol. The van der Waals surface area contributed by atoms with Crippen molar-refractivity contribution < 1.29 is 0 Å². The minimum absolute atomic E-state index is 0.656. The fraction of sp³-hybridized carbons (Fsp3) is 0.471. The number of nitrogens with two attached hydrogens (primary N) is 1. The minimum Gasteiger partial charge on any atom is -0.308 e. The molecule has 0 saturated heterocycles. The maximum atomic E-state index is 5.66. The first-order valence-electron chi connectivity index (χ1n) is 7.73. The molecule has 0 aliphatic heterocycles. The smallest absolute Gasteiger partial charge is 0.148 e. The Morgan fingerprint density at radius 3 is 2.60 bits per heavy atom. The van der Waals surface area contributed by atoms with Gasteiger partial charge in [0.2, 0.25) is 0 Å². The van der Waals surface area contributed by atoms with Crippen LogP contribution in [-0.2, 0) is 6.42 Å². The number of pyridine rings is 1. The summed E-state index contributed by atoms with van der Waals surface area (Å²) >= 11 is 0. The van der Waals surface area contributed by atoms with Gasteiger partial charge in [-0.05, 0) is 36.6 Å². The average molecular weight is 269 g/mol. The van der Waals surface area contributed by atoms with Crippen LogP contribution < -0.4 is 11.3 Å². The number of aromatic nitrogens is 1. The van der Waals surface area contributed by atoms with Gasteiger partial charge in [0.15, 0.2) is 0 Å². The summed E-state index contributed by atoms with van der Waals surface area (Å²) in [5, 5.41) is 2.47. The van der Waals surface area contributed by atoms with Crippen LogP contribution in [0.5, 0.6) is 0 Å². The molecule has 1 saturated carbocycles. The van der Waals surface area contributed by atoms with Gasteiger partial charge in [-0.3, -0.25) is 0 Å². The van der Waals surface area contributed by atoms with E-state index in [9.17, 15) is 0 Å². The van der Waals surface area contributed by atoms with Crippen molar-refractivity contribution in [3.05, 3.63) is 35.5 Å². The number of aryl methyl sites for hydroxylation is 1. The van der Waals surface area contributed by atoms with Crippen molar-refractivity contribution in [2.75, 3.05) is 5.43 Å². The number of nitrogens with zero attached hydrogens (tertiary/aromatic N) is 1. The standard InChI is InChI=1S/C17H23N3/c1-2-3-4-8-14-13-7-5-6-9-15(13)17(20-18)19-16(14)12-10-11-12/h5-7,9,12H,2-4,8,10-11,18H2,1H3,(H,19,20). The molecule has 0 bridgehead atoms. The lowest BCUT2D eigenvalue weighted by atomic mass is 9.96. The second-order valence-corrected chi connectivity index (χ2v) is 5.75. The van der Waals surface area contributed by atoms with Crippen molar-refractivity contribution in [1.82, 2.24) is 4.98 Å². The molecule has 1 aromatic carbocycles. The molecule has 2 aromatic rings. The van der Waals surface area contributed by atoms with Crippen LogP contribution in [-0.4, -0.2) is 4.98 Å². The predicted octanol–water partition coefficient (Wildman–Crippen LogP) is 4.13. The fourth-order valence-corrected chi connectivity index (χ4v) is 2.96. The van der Waals surface area contributed by atoms with E-state index < -0.39 is 0 Å². The Morgan fingerprint density at radius 1 is 1.20 bits per heavy atom. The van der Waals surface area contributed by atoms with Crippen molar-refractivity contribution in [3.8, 4) is 0 Å². The molecule has 3 heteroatoms. The van der Waals surface area contributed by atoms with Crippen LogP contribution in [0.25, 0.3) is 10.8 Å². The Hall–Kier alpha value is -1.61. The van der Waals surface area contributed by atoms with Crippen molar-refractivity contribution in [3.63, 3.8) is 0 Å². The lowest BCUT2D eigenvalue weighted by Gasteiger charge is -2.15. The summed E-state index contributed by atoms with van der Waals surface area (Å²) in [6, 6.07) is 8.49. The van der Waals surface area contributed by atoms with E-state index in [1.54, 1.807) is 0 Å². The largest absolute Gasteiger partial charge is 0.308 e. The van der Waals surface area contributed by atoms with Gasteiger partial charge in [0.25, 0.3) is 0 Å². The van der Waals surface area contributed by atoms with Gasteiger partial charge >= 0.3 is 0 Å². The number of nitrogen functional groups attached to an aromatic ring is 1. The van der Waals surface area contributed by atoms with E-state index in [4.69, 9.17) is 10.8 Å². The highest BCUT2D eigenvalue weighted by atomic mass is 15.2. The van der Waals surface area contributed by atoms with Crippen molar-refractivity contribution in [2.24, 2.45) is 5.84 Å². The zero-order valence-electron chi connectivity index (χ0n) is 12.2. The highest BCUT2D eigenvalue weighted by Crippen LogP contribution is 2.43. The van der Waals surface area contributed by atoms with E-state index in [-0.39, 0.29) is 0 Å². The highest BCUT2D eigenvalue weighted by molar-refractivity contribution is 5.94. The molecule has 0 unspecified atom stereocenters. The zero-order chi connectivity index (χ0) is 13.9. The fourth-order valence-electron chi connectivity index (χ4n) is 2.96. The van der Waals surface area contributed by atoms with Gasteiger partial charge < -0.3 is 5.43 Å². The Labute approximate surface area is 120 Å². The third kappa shape index (κ3) is 2.50. The molecule has 0 atom stereocenters. The second kappa shape index (κ2) is 5.80. The van der Waals surface area contributed by atoms with Gasteiger partial charge in [0.1, 0.15) is 5.82 Å². The molecule has 1 aliphatic carbocycles. The lowest BCUT2D eigenvalue weighted by Crippen LogP contribution is -2.11. The Kier molecular flexibility index (Phi) is 3.88. The molecule has 20 heavy (non-hydrogen) atoms. The van der Waals surface area contributed by atoms with Gasteiger partial charge in [0.05, 0.1) is 0 Å². The minimum atomic E-state index is 0.656. The van der Waals surface area contributed by atoms with Gasteiger partial charge in [-0.2, -0.15) is 0 Å². The maximum absolute atomic E-state index is 5.66. The predicted molar refractivity (Wildman–Crippen MR) is 84.8 cm³/mol. The molecule has 3 rings (SSSR count). The first-order valence-corrected chi connectivity index (χ1v) is 7.73. The summed E-state index contributed by atoms with van der Waals surface area (Å²) in [5.74, 6) is 7.14. The molecular formula is C17H23N3. The summed E-state index contributed by atoms with van der Waals surface area (Å²) in [7, 11) is 0. The first kappa shape index (κ1) is 13.4. The molecule has 1 fully saturated rings. The molecule has 3 nitrogen and oxygen atoms in total. The van der Waals surface area contributed by atoms with Crippen LogP contribution in [0.15, 0.2) is 24.3 Å². The Balaban J connectivity index is 2.10. The van der Waals surface area contributed by atoms with Crippen LogP contribution in [0.4, 0.5) is 5.82 Å². The van der Waals surface area contributed by atoms with E-state index >= 15 is 0 Å². The van der Waals surface area contributed by atoms with Crippen LogP contribution >= 0.6 is 0 Å². The topological polar surface area (TPSA) is 50.9 Å². The summed E-state index contributed by atoms with van der Waals surface area (Å²) in [4.78, 5) is 4.82.